The maximum absolute atomic E-state index is 5.52. The van der Waals surface area contributed by atoms with Gasteiger partial charge in [-0.1, -0.05) is 30.3 Å². The van der Waals surface area contributed by atoms with Crippen LogP contribution in [0, 0.1) is 0 Å². The van der Waals surface area contributed by atoms with Gasteiger partial charge in [-0.2, -0.15) is 5.10 Å². The Bertz CT molecular complexity index is 908. The lowest BCUT2D eigenvalue weighted by atomic mass is 9.98. The fourth-order valence-electron chi connectivity index (χ4n) is 3.61. The fraction of sp³-hybridized carbons (Fsp3) is 0.333. The van der Waals surface area contributed by atoms with Gasteiger partial charge in [0.05, 0.1) is 20.8 Å². The van der Waals surface area contributed by atoms with Crippen LogP contribution in [0.1, 0.15) is 17.8 Å². The summed E-state index contributed by atoms with van der Waals surface area (Å²) in [6.07, 6.45) is 3.65. The zero-order valence-corrected chi connectivity index (χ0v) is 15.7. The molecule has 1 atom stereocenters. The lowest BCUT2D eigenvalue weighted by Gasteiger charge is -2.24. The molecule has 0 bridgehead atoms. The van der Waals surface area contributed by atoms with E-state index >= 15 is 0 Å². The first-order valence-corrected chi connectivity index (χ1v) is 9.19. The van der Waals surface area contributed by atoms with Crippen molar-refractivity contribution in [2.45, 2.75) is 32.0 Å². The van der Waals surface area contributed by atoms with Crippen LogP contribution >= 0.6 is 0 Å². The van der Waals surface area contributed by atoms with Crippen LogP contribution < -0.4 is 14.8 Å². The molecule has 0 radical (unpaired) electrons. The lowest BCUT2D eigenvalue weighted by Crippen LogP contribution is -2.37. The van der Waals surface area contributed by atoms with Crippen LogP contribution in [-0.2, 0) is 19.5 Å². The van der Waals surface area contributed by atoms with Crippen LogP contribution in [0.4, 0.5) is 0 Å². The minimum absolute atomic E-state index is 0.371. The first-order chi connectivity index (χ1) is 13.3. The number of ether oxygens (including phenoxy) is 2. The summed E-state index contributed by atoms with van der Waals surface area (Å²) in [5.74, 6) is 2.56. The SMILES string of the molecule is COc1cc(CNC2CCc3ncnn3C2)c(-c2ccccc2)cc1OC. The number of nitrogens with zero attached hydrogens (tertiary/aromatic N) is 3. The molecule has 140 valence electrons. The van der Waals surface area contributed by atoms with Crippen molar-refractivity contribution in [2.75, 3.05) is 14.2 Å². The number of aryl methyl sites for hydroxylation is 1. The summed E-state index contributed by atoms with van der Waals surface area (Å²) in [4.78, 5) is 4.30. The number of rotatable bonds is 6. The van der Waals surface area contributed by atoms with Crippen LogP contribution in [0.3, 0.4) is 0 Å². The Balaban J connectivity index is 1.59. The fourth-order valence-corrected chi connectivity index (χ4v) is 3.61. The lowest BCUT2D eigenvalue weighted by molar-refractivity contribution is 0.350. The van der Waals surface area contributed by atoms with Crippen molar-refractivity contribution in [2.24, 2.45) is 0 Å². The highest BCUT2D eigenvalue weighted by Gasteiger charge is 2.20. The summed E-state index contributed by atoms with van der Waals surface area (Å²) < 4.78 is 13.0. The van der Waals surface area contributed by atoms with E-state index in [1.54, 1.807) is 20.5 Å². The second-order valence-corrected chi connectivity index (χ2v) is 6.71. The van der Waals surface area contributed by atoms with Gasteiger partial charge in [-0.25, -0.2) is 9.67 Å². The van der Waals surface area contributed by atoms with E-state index in [-0.39, 0.29) is 0 Å². The Labute approximate surface area is 159 Å². The molecule has 0 aliphatic carbocycles. The average molecular weight is 364 g/mol. The number of nitrogens with one attached hydrogen (secondary N) is 1. The standard InChI is InChI=1S/C21H24N4O2/c1-26-19-10-16(12-22-17-8-9-21-23-14-24-25(21)13-17)18(11-20(19)27-2)15-6-4-3-5-7-15/h3-7,10-11,14,17,22H,8-9,12-13H2,1-2H3. The van der Waals surface area contributed by atoms with E-state index in [9.17, 15) is 0 Å². The summed E-state index contributed by atoms with van der Waals surface area (Å²) in [5.41, 5.74) is 3.50. The molecule has 2 aromatic carbocycles. The van der Waals surface area contributed by atoms with Crippen LogP contribution in [0.15, 0.2) is 48.8 Å². The topological polar surface area (TPSA) is 61.2 Å². The first-order valence-electron chi connectivity index (χ1n) is 9.19. The molecular formula is C21H24N4O2. The molecule has 0 fully saturated rings. The molecule has 27 heavy (non-hydrogen) atoms. The molecule has 4 rings (SSSR count). The zero-order chi connectivity index (χ0) is 18.6. The van der Waals surface area contributed by atoms with Crippen molar-refractivity contribution in [1.29, 1.82) is 0 Å². The number of fused-ring (bicyclic) bond motifs is 1. The Hall–Kier alpha value is -2.86. The van der Waals surface area contributed by atoms with E-state index in [2.05, 4.69) is 51.8 Å². The molecule has 6 heteroatoms. The summed E-state index contributed by atoms with van der Waals surface area (Å²) in [5, 5.41) is 7.99. The van der Waals surface area contributed by atoms with Crippen molar-refractivity contribution in [3.8, 4) is 22.6 Å². The highest BCUT2D eigenvalue weighted by Crippen LogP contribution is 2.35. The van der Waals surface area contributed by atoms with Gasteiger partial charge in [0, 0.05) is 19.0 Å². The predicted octanol–water partition coefficient (Wildman–Crippen LogP) is 3.07. The van der Waals surface area contributed by atoms with Crippen molar-refractivity contribution < 1.29 is 9.47 Å². The van der Waals surface area contributed by atoms with Gasteiger partial charge in [-0.15, -0.1) is 0 Å². The highest BCUT2D eigenvalue weighted by molar-refractivity contribution is 5.71. The maximum atomic E-state index is 5.52. The maximum Gasteiger partial charge on any atom is 0.161 e. The van der Waals surface area contributed by atoms with Crippen molar-refractivity contribution in [3.63, 3.8) is 0 Å². The van der Waals surface area contributed by atoms with E-state index in [4.69, 9.17) is 9.47 Å². The predicted molar refractivity (Wildman–Crippen MR) is 104 cm³/mol. The molecule has 0 saturated carbocycles. The molecule has 1 unspecified atom stereocenters. The number of methoxy groups -OCH3 is 2. The second kappa shape index (κ2) is 7.80. The summed E-state index contributed by atoms with van der Waals surface area (Å²) in [6.45, 7) is 1.60. The molecule has 0 saturated heterocycles. The van der Waals surface area contributed by atoms with Gasteiger partial charge in [0.2, 0.25) is 0 Å². The van der Waals surface area contributed by atoms with Crippen LogP contribution in [0.5, 0.6) is 11.5 Å². The minimum Gasteiger partial charge on any atom is -0.493 e. The third-order valence-corrected chi connectivity index (χ3v) is 5.08. The van der Waals surface area contributed by atoms with Crippen molar-refractivity contribution >= 4 is 0 Å². The monoisotopic (exact) mass is 364 g/mol. The number of aromatic nitrogens is 3. The smallest absolute Gasteiger partial charge is 0.161 e. The van der Waals surface area contributed by atoms with Gasteiger partial charge >= 0.3 is 0 Å². The van der Waals surface area contributed by atoms with Gasteiger partial charge in [-0.05, 0) is 35.2 Å². The molecule has 3 aromatic rings. The normalized spacial score (nSPS) is 16.0. The van der Waals surface area contributed by atoms with E-state index in [0.717, 1.165) is 54.4 Å². The molecule has 0 amide bonds. The molecular weight excluding hydrogens is 340 g/mol. The Morgan fingerprint density at radius 1 is 1.11 bits per heavy atom. The van der Waals surface area contributed by atoms with Crippen molar-refractivity contribution in [3.05, 3.63) is 60.2 Å². The third kappa shape index (κ3) is 3.66. The van der Waals surface area contributed by atoms with E-state index < -0.39 is 0 Å². The molecule has 0 spiro atoms. The van der Waals surface area contributed by atoms with Gasteiger partial charge in [0.25, 0.3) is 0 Å². The first kappa shape index (κ1) is 17.5. The summed E-state index contributed by atoms with van der Waals surface area (Å²) in [6, 6.07) is 14.9. The number of hydrogen-bond donors (Lipinski definition) is 1. The largest absolute Gasteiger partial charge is 0.493 e. The quantitative estimate of drug-likeness (QED) is 0.728. The minimum atomic E-state index is 0.371. The molecule has 1 N–H and O–H groups in total. The van der Waals surface area contributed by atoms with Gasteiger partial charge in [0.15, 0.2) is 11.5 Å². The molecule has 2 heterocycles. The molecule has 1 aromatic heterocycles. The Morgan fingerprint density at radius 2 is 1.89 bits per heavy atom. The molecule has 1 aliphatic rings. The number of hydrogen-bond acceptors (Lipinski definition) is 5. The second-order valence-electron chi connectivity index (χ2n) is 6.71. The van der Waals surface area contributed by atoms with E-state index in [1.807, 2.05) is 10.7 Å². The molecule has 6 nitrogen and oxygen atoms in total. The Morgan fingerprint density at radius 3 is 2.67 bits per heavy atom. The van der Waals surface area contributed by atoms with Crippen LogP contribution in [0.25, 0.3) is 11.1 Å². The zero-order valence-electron chi connectivity index (χ0n) is 15.7. The van der Waals surface area contributed by atoms with Crippen molar-refractivity contribution in [1.82, 2.24) is 20.1 Å². The molecule has 1 aliphatic heterocycles. The van der Waals surface area contributed by atoms with Crippen LogP contribution in [-0.4, -0.2) is 35.0 Å². The van der Waals surface area contributed by atoms with Gasteiger partial charge in [0.1, 0.15) is 12.2 Å². The highest BCUT2D eigenvalue weighted by atomic mass is 16.5. The Kier molecular flexibility index (Phi) is 5.07. The summed E-state index contributed by atoms with van der Waals surface area (Å²) >= 11 is 0. The van der Waals surface area contributed by atoms with Gasteiger partial charge in [-0.3, -0.25) is 0 Å². The van der Waals surface area contributed by atoms with E-state index in [0.29, 0.717) is 6.04 Å². The number of benzene rings is 2. The third-order valence-electron chi connectivity index (χ3n) is 5.08. The van der Waals surface area contributed by atoms with E-state index in [1.165, 1.54) is 5.56 Å². The average Bonchev–Trinajstić information content (AvgIpc) is 3.20. The summed E-state index contributed by atoms with van der Waals surface area (Å²) in [7, 11) is 3.34. The van der Waals surface area contributed by atoms with Crippen LogP contribution in [0.2, 0.25) is 0 Å². The van der Waals surface area contributed by atoms with Gasteiger partial charge < -0.3 is 14.8 Å².